The number of aliphatic hydroxyl groups excluding tert-OH is 1. The first-order valence-corrected chi connectivity index (χ1v) is 6.83. The maximum atomic E-state index is 9.41. The second-order valence-corrected chi connectivity index (χ2v) is 5.88. The summed E-state index contributed by atoms with van der Waals surface area (Å²) in [4.78, 5) is 13.6. The van der Waals surface area contributed by atoms with Gasteiger partial charge in [0, 0.05) is 18.0 Å². The average Bonchev–Trinajstić information content (AvgIpc) is 2.83. The van der Waals surface area contributed by atoms with Crippen molar-refractivity contribution in [3.05, 3.63) is 16.8 Å². The Labute approximate surface area is 103 Å². The molecule has 0 unspecified atom stereocenters. The molecule has 1 saturated heterocycles. The lowest BCUT2D eigenvalue weighted by Crippen LogP contribution is -2.51. The number of aromatic nitrogens is 2. The van der Waals surface area contributed by atoms with E-state index in [4.69, 9.17) is 0 Å². The smallest absolute Gasteiger partial charge is 0.141 e. The third-order valence-corrected chi connectivity index (χ3v) is 4.84. The second kappa shape index (κ2) is 3.40. The summed E-state index contributed by atoms with van der Waals surface area (Å²) in [5.74, 6) is 1.03. The highest BCUT2D eigenvalue weighted by Gasteiger charge is 2.29. The third-order valence-electron chi connectivity index (χ3n) is 3.64. The lowest BCUT2D eigenvalue weighted by Gasteiger charge is -2.37. The van der Waals surface area contributed by atoms with Crippen molar-refractivity contribution < 1.29 is 5.11 Å². The van der Waals surface area contributed by atoms with Crippen LogP contribution >= 0.6 is 11.3 Å². The summed E-state index contributed by atoms with van der Waals surface area (Å²) in [7, 11) is 0. The number of β-amino-alcohol motifs (C(OH)–C–C–N with tert-alkyl or cyclic N) is 1. The second-order valence-electron chi connectivity index (χ2n) is 4.79. The van der Waals surface area contributed by atoms with E-state index >= 15 is 0 Å². The van der Waals surface area contributed by atoms with Gasteiger partial charge in [0.15, 0.2) is 0 Å². The molecule has 1 N–H and O–H groups in total. The predicted molar refractivity (Wildman–Crippen MR) is 67.7 cm³/mol. The fraction of sp³-hybridized carbons (Fsp3) is 0.500. The number of hydrogen-bond acceptors (Lipinski definition) is 5. The van der Waals surface area contributed by atoms with E-state index in [-0.39, 0.29) is 6.10 Å². The van der Waals surface area contributed by atoms with Gasteiger partial charge >= 0.3 is 0 Å². The predicted octanol–water partition coefficient (Wildman–Crippen LogP) is 1.36. The molecule has 17 heavy (non-hydrogen) atoms. The van der Waals surface area contributed by atoms with Gasteiger partial charge in [-0.1, -0.05) is 0 Å². The Morgan fingerprint density at radius 2 is 2.18 bits per heavy atom. The van der Waals surface area contributed by atoms with Gasteiger partial charge < -0.3 is 10.0 Å². The number of aliphatic hydroxyl groups is 1. The number of aryl methyl sites for hydroxylation is 2. The van der Waals surface area contributed by atoms with Crippen LogP contribution in [-0.4, -0.2) is 34.3 Å². The van der Waals surface area contributed by atoms with Crippen molar-refractivity contribution in [2.45, 2.75) is 25.4 Å². The molecular formula is C12H13N3OS. The van der Waals surface area contributed by atoms with E-state index in [1.165, 1.54) is 28.7 Å². The van der Waals surface area contributed by atoms with Crippen LogP contribution < -0.4 is 4.90 Å². The normalized spacial score (nSPS) is 19.7. The monoisotopic (exact) mass is 247 g/mol. The molecule has 3 heterocycles. The SMILES string of the molecule is OC1CN(c2ncnc3sc4c(c23)CCC4)C1. The van der Waals surface area contributed by atoms with Gasteiger partial charge in [0.25, 0.3) is 0 Å². The number of anilines is 1. The maximum absolute atomic E-state index is 9.41. The van der Waals surface area contributed by atoms with E-state index in [1.807, 2.05) is 11.3 Å². The first-order chi connectivity index (χ1) is 8.33. The zero-order valence-electron chi connectivity index (χ0n) is 9.39. The van der Waals surface area contributed by atoms with Crippen LogP contribution in [0.2, 0.25) is 0 Å². The summed E-state index contributed by atoms with van der Waals surface area (Å²) in [6.45, 7) is 1.41. The molecule has 0 saturated carbocycles. The van der Waals surface area contributed by atoms with Gasteiger partial charge in [0.05, 0.1) is 11.5 Å². The summed E-state index contributed by atoms with van der Waals surface area (Å²) in [6, 6.07) is 0. The molecule has 2 aliphatic rings. The molecule has 0 bridgehead atoms. The molecule has 1 aliphatic carbocycles. The Hall–Kier alpha value is -1.20. The minimum Gasteiger partial charge on any atom is -0.389 e. The fourth-order valence-electron chi connectivity index (χ4n) is 2.78. The number of nitrogens with zero attached hydrogens (tertiary/aromatic N) is 3. The van der Waals surface area contributed by atoms with Gasteiger partial charge in [0.2, 0.25) is 0 Å². The van der Waals surface area contributed by atoms with Crippen LogP contribution in [0.1, 0.15) is 16.9 Å². The summed E-state index contributed by atoms with van der Waals surface area (Å²) in [5, 5.41) is 10.7. The van der Waals surface area contributed by atoms with Crippen LogP contribution in [0.3, 0.4) is 0 Å². The van der Waals surface area contributed by atoms with Gasteiger partial charge in [0.1, 0.15) is 17.0 Å². The van der Waals surface area contributed by atoms with Gasteiger partial charge in [-0.2, -0.15) is 0 Å². The zero-order valence-corrected chi connectivity index (χ0v) is 10.2. The van der Waals surface area contributed by atoms with Gasteiger partial charge in [-0.3, -0.25) is 0 Å². The molecule has 0 atom stereocenters. The molecule has 2 aromatic heterocycles. The molecule has 0 radical (unpaired) electrons. The van der Waals surface area contributed by atoms with Crippen LogP contribution in [0, 0.1) is 0 Å². The number of hydrogen-bond donors (Lipinski definition) is 1. The molecule has 1 aliphatic heterocycles. The number of fused-ring (bicyclic) bond motifs is 3. The minimum absolute atomic E-state index is 0.188. The van der Waals surface area contributed by atoms with Crippen molar-refractivity contribution in [3.8, 4) is 0 Å². The minimum atomic E-state index is -0.188. The standard InChI is InChI=1S/C12H13N3OS/c16-7-4-15(5-7)11-10-8-2-1-3-9(8)17-12(10)14-6-13-11/h6-7,16H,1-5H2. The highest BCUT2D eigenvalue weighted by molar-refractivity contribution is 7.19. The van der Waals surface area contributed by atoms with Crippen molar-refractivity contribution >= 4 is 27.4 Å². The van der Waals surface area contributed by atoms with Crippen LogP contribution in [-0.2, 0) is 12.8 Å². The number of rotatable bonds is 1. The fourth-order valence-corrected chi connectivity index (χ4v) is 4.00. The Morgan fingerprint density at radius 1 is 1.29 bits per heavy atom. The van der Waals surface area contributed by atoms with E-state index in [2.05, 4.69) is 14.9 Å². The van der Waals surface area contributed by atoms with Crippen LogP contribution in [0.4, 0.5) is 5.82 Å². The molecule has 0 amide bonds. The lowest BCUT2D eigenvalue weighted by molar-refractivity contribution is 0.141. The van der Waals surface area contributed by atoms with Crippen molar-refractivity contribution in [3.63, 3.8) is 0 Å². The van der Waals surface area contributed by atoms with Gasteiger partial charge in [-0.05, 0) is 24.8 Å². The zero-order chi connectivity index (χ0) is 11.4. The number of thiophene rings is 1. The van der Waals surface area contributed by atoms with Gasteiger partial charge in [-0.25, -0.2) is 9.97 Å². The summed E-state index contributed by atoms with van der Waals surface area (Å²) in [5.41, 5.74) is 1.46. The third kappa shape index (κ3) is 1.32. The first kappa shape index (κ1) is 9.79. The van der Waals surface area contributed by atoms with E-state index in [0.29, 0.717) is 13.1 Å². The highest BCUT2D eigenvalue weighted by Crippen LogP contribution is 2.40. The summed E-state index contributed by atoms with van der Waals surface area (Å²) in [6.07, 6.45) is 5.07. The van der Waals surface area contributed by atoms with Crippen LogP contribution in [0.25, 0.3) is 10.2 Å². The Kier molecular flexibility index (Phi) is 1.96. The Bertz CT molecular complexity index is 589. The molecule has 1 fully saturated rings. The van der Waals surface area contributed by atoms with E-state index in [1.54, 1.807) is 6.33 Å². The topological polar surface area (TPSA) is 49.2 Å². The van der Waals surface area contributed by atoms with E-state index < -0.39 is 0 Å². The molecule has 5 heteroatoms. The quantitative estimate of drug-likeness (QED) is 0.826. The van der Waals surface area contributed by atoms with Crippen molar-refractivity contribution in [2.75, 3.05) is 18.0 Å². The summed E-state index contributed by atoms with van der Waals surface area (Å²) < 4.78 is 0. The molecule has 88 valence electrons. The van der Waals surface area contributed by atoms with Crippen LogP contribution in [0.15, 0.2) is 6.33 Å². The van der Waals surface area contributed by atoms with E-state index in [9.17, 15) is 5.11 Å². The van der Waals surface area contributed by atoms with Crippen molar-refractivity contribution in [1.29, 1.82) is 0 Å². The highest BCUT2D eigenvalue weighted by atomic mass is 32.1. The molecule has 0 spiro atoms. The van der Waals surface area contributed by atoms with Crippen LogP contribution in [0.5, 0.6) is 0 Å². The van der Waals surface area contributed by atoms with Crippen molar-refractivity contribution in [2.24, 2.45) is 0 Å². The lowest BCUT2D eigenvalue weighted by atomic mass is 10.1. The first-order valence-electron chi connectivity index (χ1n) is 6.01. The molecule has 2 aromatic rings. The summed E-state index contributed by atoms with van der Waals surface area (Å²) >= 11 is 1.81. The molecule has 0 aromatic carbocycles. The largest absolute Gasteiger partial charge is 0.389 e. The van der Waals surface area contributed by atoms with Crippen molar-refractivity contribution in [1.82, 2.24) is 9.97 Å². The maximum Gasteiger partial charge on any atom is 0.141 e. The Balaban J connectivity index is 1.91. The molecule has 4 nitrogen and oxygen atoms in total. The molecular weight excluding hydrogens is 234 g/mol. The van der Waals surface area contributed by atoms with E-state index in [0.717, 1.165) is 17.1 Å². The average molecular weight is 247 g/mol. The Morgan fingerprint density at radius 3 is 3.00 bits per heavy atom. The van der Waals surface area contributed by atoms with Gasteiger partial charge in [-0.15, -0.1) is 11.3 Å². The molecule has 4 rings (SSSR count).